The summed E-state index contributed by atoms with van der Waals surface area (Å²) in [5.74, 6) is 0.980. The van der Waals surface area contributed by atoms with Gasteiger partial charge in [0.1, 0.15) is 11.9 Å². The number of fused-ring (bicyclic) bond motifs is 1. The summed E-state index contributed by atoms with van der Waals surface area (Å²) >= 11 is 0. The van der Waals surface area contributed by atoms with E-state index in [-0.39, 0.29) is 12.0 Å². The predicted molar refractivity (Wildman–Crippen MR) is 106 cm³/mol. The zero-order valence-corrected chi connectivity index (χ0v) is 16.1. The molecule has 1 amide bonds. The number of para-hydroxylation sites is 1. The summed E-state index contributed by atoms with van der Waals surface area (Å²) in [5, 5.41) is 8.14. The lowest BCUT2D eigenvalue weighted by molar-refractivity contribution is 0.0589. The van der Waals surface area contributed by atoms with Gasteiger partial charge in [-0.2, -0.15) is 5.10 Å². The fraction of sp³-hybridized carbons (Fsp3) is 0.364. The van der Waals surface area contributed by atoms with Gasteiger partial charge < -0.3 is 9.64 Å². The normalized spacial score (nSPS) is 15.3. The van der Waals surface area contributed by atoms with Crippen LogP contribution in [0.25, 0.3) is 10.9 Å². The summed E-state index contributed by atoms with van der Waals surface area (Å²) in [6.45, 7) is 7.55. The summed E-state index contributed by atoms with van der Waals surface area (Å²) in [6.07, 6.45) is 1.81. The van der Waals surface area contributed by atoms with E-state index < -0.39 is 0 Å². The Kier molecular flexibility index (Phi) is 4.60. The van der Waals surface area contributed by atoms with Gasteiger partial charge in [-0.25, -0.2) is 0 Å². The third-order valence-electron chi connectivity index (χ3n) is 5.34. The highest BCUT2D eigenvalue weighted by Crippen LogP contribution is 2.27. The van der Waals surface area contributed by atoms with Crippen LogP contribution in [-0.4, -0.2) is 40.2 Å². The van der Waals surface area contributed by atoms with Crippen molar-refractivity contribution in [2.75, 3.05) is 13.1 Å². The molecule has 3 aromatic rings. The van der Waals surface area contributed by atoms with Gasteiger partial charge in [0.2, 0.25) is 0 Å². The Balaban J connectivity index is 1.44. The minimum Gasteiger partial charge on any atom is -0.490 e. The molecule has 4 rings (SSSR count). The second-order valence-corrected chi connectivity index (χ2v) is 7.45. The standard InChI is InChI=1S/C22H25N3O2/c1-14-7-8-19-18(13-14)20(24-23-19)22(26)25-11-9-17(10-12-25)27-21-15(2)5-4-6-16(21)3/h4-8,13,17H,9-12H2,1-3H3,(H,23,24). The van der Waals surface area contributed by atoms with E-state index in [1.54, 1.807) is 0 Å². The maximum absolute atomic E-state index is 13.0. The molecule has 1 aliphatic heterocycles. The summed E-state index contributed by atoms with van der Waals surface area (Å²) in [4.78, 5) is 14.9. The number of aromatic amines is 1. The lowest BCUT2D eigenvalue weighted by Crippen LogP contribution is -2.42. The number of nitrogens with zero attached hydrogens (tertiary/aromatic N) is 2. The molecule has 1 aromatic heterocycles. The number of rotatable bonds is 3. The molecule has 5 nitrogen and oxygen atoms in total. The van der Waals surface area contributed by atoms with Gasteiger partial charge in [0, 0.05) is 31.3 Å². The first kappa shape index (κ1) is 17.6. The highest BCUT2D eigenvalue weighted by atomic mass is 16.5. The third kappa shape index (κ3) is 3.42. The molecule has 0 saturated carbocycles. The molecule has 1 aliphatic rings. The van der Waals surface area contributed by atoms with Gasteiger partial charge in [0.15, 0.2) is 5.69 Å². The summed E-state index contributed by atoms with van der Waals surface area (Å²) in [5.41, 5.74) is 4.86. The zero-order valence-electron chi connectivity index (χ0n) is 16.1. The van der Waals surface area contributed by atoms with Crippen LogP contribution >= 0.6 is 0 Å². The number of ether oxygens (including phenoxy) is 1. The van der Waals surface area contributed by atoms with E-state index in [4.69, 9.17) is 4.74 Å². The zero-order chi connectivity index (χ0) is 19.0. The highest BCUT2D eigenvalue weighted by Gasteiger charge is 2.27. The number of amides is 1. The van der Waals surface area contributed by atoms with E-state index in [9.17, 15) is 4.79 Å². The lowest BCUT2D eigenvalue weighted by Gasteiger charge is -2.32. The summed E-state index contributed by atoms with van der Waals surface area (Å²) in [7, 11) is 0. The van der Waals surface area contributed by atoms with Gasteiger partial charge >= 0.3 is 0 Å². The maximum atomic E-state index is 13.0. The molecule has 2 heterocycles. The average Bonchev–Trinajstić information content (AvgIpc) is 3.08. The van der Waals surface area contributed by atoms with E-state index >= 15 is 0 Å². The molecule has 27 heavy (non-hydrogen) atoms. The molecule has 0 unspecified atom stereocenters. The number of benzene rings is 2. The minimum absolute atomic E-state index is 0.00243. The Morgan fingerprint density at radius 1 is 1.11 bits per heavy atom. The van der Waals surface area contributed by atoms with Crippen molar-refractivity contribution in [2.45, 2.75) is 39.7 Å². The number of aromatic nitrogens is 2. The number of H-pyrrole nitrogens is 1. The van der Waals surface area contributed by atoms with Crippen LogP contribution in [0.2, 0.25) is 0 Å². The van der Waals surface area contributed by atoms with Crippen LogP contribution in [0.4, 0.5) is 0 Å². The second kappa shape index (κ2) is 7.06. The number of carbonyl (C=O) groups excluding carboxylic acids is 1. The first-order chi connectivity index (χ1) is 13.0. The van der Waals surface area contributed by atoms with E-state index in [0.717, 1.165) is 46.2 Å². The average molecular weight is 363 g/mol. The number of aryl methyl sites for hydroxylation is 3. The van der Waals surface area contributed by atoms with Crippen LogP contribution in [0, 0.1) is 20.8 Å². The maximum Gasteiger partial charge on any atom is 0.274 e. The van der Waals surface area contributed by atoms with Crippen LogP contribution in [0.1, 0.15) is 40.0 Å². The van der Waals surface area contributed by atoms with Crippen molar-refractivity contribution in [1.82, 2.24) is 15.1 Å². The van der Waals surface area contributed by atoms with E-state index in [1.807, 2.05) is 30.0 Å². The molecular formula is C22H25N3O2. The van der Waals surface area contributed by atoms with Gasteiger partial charge in [-0.15, -0.1) is 0 Å². The monoisotopic (exact) mass is 363 g/mol. The lowest BCUT2D eigenvalue weighted by atomic mass is 10.1. The molecule has 1 saturated heterocycles. The topological polar surface area (TPSA) is 58.2 Å². The highest BCUT2D eigenvalue weighted by molar-refractivity contribution is 6.04. The summed E-state index contributed by atoms with van der Waals surface area (Å²) < 4.78 is 6.26. The minimum atomic E-state index is -0.00243. The quantitative estimate of drug-likeness (QED) is 0.760. The van der Waals surface area contributed by atoms with E-state index in [0.29, 0.717) is 18.8 Å². The molecular weight excluding hydrogens is 338 g/mol. The van der Waals surface area contributed by atoms with Crippen LogP contribution in [0.15, 0.2) is 36.4 Å². The van der Waals surface area contributed by atoms with Gasteiger partial charge in [-0.05, 0) is 44.0 Å². The molecule has 2 aromatic carbocycles. The van der Waals surface area contributed by atoms with Crippen molar-refractivity contribution in [2.24, 2.45) is 0 Å². The third-order valence-corrected chi connectivity index (χ3v) is 5.34. The number of carbonyl (C=O) groups is 1. The van der Waals surface area contributed by atoms with Gasteiger partial charge in [-0.3, -0.25) is 9.89 Å². The summed E-state index contributed by atoms with van der Waals surface area (Å²) in [6, 6.07) is 12.2. The first-order valence-corrected chi connectivity index (χ1v) is 9.50. The molecule has 1 fully saturated rings. The molecule has 5 heteroatoms. The first-order valence-electron chi connectivity index (χ1n) is 9.50. The van der Waals surface area contributed by atoms with Crippen LogP contribution < -0.4 is 4.74 Å². The Morgan fingerprint density at radius 3 is 2.52 bits per heavy atom. The van der Waals surface area contributed by atoms with Crippen molar-refractivity contribution in [1.29, 1.82) is 0 Å². The largest absolute Gasteiger partial charge is 0.490 e. The van der Waals surface area contributed by atoms with Crippen molar-refractivity contribution >= 4 is 16.8 Å². The van der Waals surface area contributed by atoms with Gasteiger partial charge in [0.25, 0.3) is 5.91 Å². The molecule has 0 radical (unpaired) electrons. The van der Waals surface area contributed by atoms with Crippen LogP contribution in [0.3, 0.4) is 0 Å². The SMILES string of the molecule is Cc1ccc2[nH]nc(C(=O)N3CCC(Oc4c(C)cccc4C)CC3)c2c1. The number of hydrogen-bond donors (Lipinski definition) is 1. The number of likely N-dealkylation sites (tertiary alicyclic amines) is 1. The van der Waals surface area contributed by atoms with Crippen LogP contribution in [-0.2, 0) is 0 Å². The number of hydrogen-bond acceptors (Lipinski definition) is 3. The smallest absolute Gasteiger partial charge is 0.274 e. The van der Waals surface area contributed by atoms with E-state index in [1.165, 1.54) is 0 Å². The predicted octanol–water partition coefficient (Wildman–Crippen LogP) is 4.17. The Labute approximate surface area is 159 Å². The Morgan fingerprint density at radius 2 is 1.81 bits per heavy atom. The fourth-order valence-electron chi connectivity index (χ4n) is 3.77. The van der Waals surface area contributed by atoms with Crippen LogP contribution in [0.5, 0.6) is 5.75 Å². The van der Waals surface area contributed by atoms with Crippen molar-refractivity contribution < 1.29 is 9.53 Å². The van der Waals surface area contributed by atoms with Gasteiger partial charge in [0.05, 0.1) is 5.52 Å². The number of nitrogens with one attached hydrogen (secondary N) is 1. The van der Waals surface area contributed by atoms with Crippen molar-refractivity contribution in [3.63, 3.8) is 0 Å². The molecule has 1 N–H and O–H groups in total. The number of piperidine rings is 1. The molecule has 140 valence electrons. The van der Waals surface area contributed by atoms with Gasteiger partial charge in [-0.1, -0.05) is 29.8 Å². The van der Waals surface area contributed by atoms with Crippen molar-refractivity contribution in [3.05, 3.63) is 58.8 Å². The molecule has 0 bridgehead atoms. The second-order valence-electron chi connectivity index (χ2n) is 7.45. The Hall–Kier alpha value is -2.82. The Bertz CT molecular complexity index is 964. The molecule has 0 aliphatic carbocycles. The molecule has 0 spiro atoms. The van der Waals surface area contributed by atoms with E-state index in [2.05, 4.69) is 42.2 Å². The van der Waals surface area contributed by atoms with Crippen molar-refractivity contribution in [3.8, 4) is 5.75 Å². The fourth-order valence-corrected chi connectivity index (χ4v) is 3.77. The molecule has 0 atom stereocenters.